The maximum Gasteiger partial charge on any atom is 0.285 e. The fourth-order valence-electron chi connectivity index (χ4n) is 4.02. The van der Waals surface area contributed by atoms with Gasteiger partial charge in [-0.3, -0.25) is 0 Å². The molecule has 0 aromatic carbocycles. The molecule has 0 unspecified atom stereocenters. The number of anilines is 1. The molecule has 3 aromatic rings. The number of hydrogen-bond acceptors (Lipinski definition) is 7. The molecular formula is C19H21N7O3S. The van der Waals surface area contributed by atoms with Gasteiger partial charge >= 0.3 is 0 Å². The highest BCUT2D eigenvalue weighted by Gasteiger charge is 2.38. The first kappa shape index (κ1) is 18.9. The fourth-order valence-corrected chi connectivity index (χ4v) is 5.36. The number of H-pyrrole nitrogens is 1. The first-order chi connectivity index (χ1) is 14.4. The van der Waals surface area contributed by atoms with Gasteiger partial charge in [-0.25, -0.2) is 9.67 Å². The predicted molar refractivity (Wildman–Crippen MR) is 110 cm³/mol. The molecule has 0 radical (unpaired) electrons. The van der Waals surface area contributed by atoms with Crippen LogP contribution in [0.25, 0.3) is 11.3 Å². The van der Waals surface area contributed by atoms with Gasteiger partial charge in [0.25, 0.3) is 10.0 Å². The Kier molecular flexibility index (Phi) is 4.26. The number of pyridine rings is 1. The average molecular weight is 427 g/mol. The van der Waals surface area contributed by atoms with Crippen molar-refractivity contribution >= 4 is 21.6 Å². The summed E-state index contributed by atoms with van der Waals surface area (Å²) in [5, 5.41) is 8.18. The van der Waals surface area contributed by atoms with Gasteiger partial charge in [-0.15, -0.1) is 5.10 Å². The van der Waals surface area contributed by atoms with Crippen molar-refractivity contribution in [3.8, 4) is 11.3 Å². The van der Waals surface area contributed by atoms with E-state index >= 15 is 0 Å². The number of aromatic amines is 1. The summed E-state index contributed by atoms with van der Waals surface area (Å²) >= 11 is 0. The molecule has 0 saturated carbocycles. The summed E-state index contributed by atoms with van der Waals surface area (Å²) < 4.78 is 37.5. The zero-order valence-corrected chi connectivity index (χ0v) is 17.6. The first-order valence-corrected chi connectivity index (χ1v) is 11.1. The summed E-state index contributed by atoms with van der Waals surface area (Å²) in [7, 11) is -2.20. The zero-order chi connectivity index (χ0) is 21.0. The Morgan fingerprint density at radius 2 is 2.17 bits per heavy atom. The van der Waals surface area contributed by atoms with Crippen LogP contribution in [0, 0.1) is 6.92 Å². The molecule has 1 N–H and O–H groups in total. The molecule has 156 valence electrons. The van der Waals surface area contributed by atoms with Gasteiger partial charge in [0.2, 0.25) is 0 Å². The molecule has 30 heavy (non-hydrogen) atoms. The summed E-state index contributed by atoms with van der Waals surface area (Å²) in [6.07, 6.45) is 1.73. The fraction of sp³-hybridized carbons (Fsp3) is 0.368. The monoisotopic (exact) mass is 427 g/mol. The molecule has 1 saturated heterocycles. The Bertz CT molecular complexity index is 1240. The number of aromatic nitrogens is 5. The number of morpholine rings is 1. The standard InChI is InChI=1S/C19H21N7O3S/c1-11-10-29-8-7-26(11)15-9-13(18-12(2)22-24-25(18)3)19-17(21-15)16(23-30(19,27)28)14-5-4-6-20-14/h4-6,9,11,20H,7-8,10H2,1-3H3/t11-/m1/s1. The van der Waals surface area contributed by atoms with E-state index in [0.717, 1.165) is 0 Å². The van der Waals surface area contributed by atoms with Gasteiger partial charge in [-0.2, -0.15) is 12.8 Å². The third kappa shape index (κ3) is 2.84. The van der Waals surface area contributed by atoms with Crippen LogP contribution in [-0.2, 0) is 21.8 Å². The van der Waals surface area contributed by atoms with Crippen LogP contribution in [0.4, 0.5) is 5.82 Å². The van der Waals surface area contributed by atoms with E-state index in [1.807, 2.05) is 0 Å². The van der Waals surface area contributed by atoms with Gasteiger partial charge in [-0.05, 0) is 32.0 Å². The van der Waals surface area contributed by atoms with E-state index < -0.39 is 10.0 Å². The number of sulfonamides is 1. The van der Waals surface area contributed by atoms with Crippen molar-refractivity contribution in [2.45, 2.75) is 24.8 Å². The van der Waals surface area contributed by atoms with E-state index in [2.05, 4.69) is 31.5 Å². The molecule has 10 nitrogen and oxygen atoms in total. The van der Waals surface area contributed by atoms with Crippen LogP contribution in [0.15, 0.2) is 33.7 Å². The number of nitrogens with one attached hydrogen (secondary N) is 1. The highest BCUT2D eigenvalue weighted by atomic mass is 32.2. The van der Waals surface area contributed by atoms with Gasteiger partial charge in [-0.1, -0.05) is 5.21 Å². The van der Waals surface area contributed by atoms with E-state index in [1.54, 1.807) is 43.0 Å². The average Bonchev–Trinajstić information content (AvgIpc) is 3.41. The van der Waals surface area contributed by atoms with Crippen molar-refractivity contribution in [3.05, 3.63) is 41.5 Å². The Labute approximate surface area is 173 Å². The number of ether oxygens (including phenoxy) is 1. The molecule has 1 fully saturated rings. The largest absolute Gasteiger partial charge is 0.377 e. The van der Waals surface area contributed by atoms with Gasteiger partial charge in [0.05, 0.1) is 36.3 Å². The molecule has 0 spiro atoms. The van der Waals surface area contributed by atoms with Gasteiger partial charge in [0.1, 0.15) is 22.1 Å². The number of nitrogens with zero attached hydrogens (tertiary/aromatic N) is 6. The molecule has 0 amide bonds. The second-order valence-electron chi connectivity index (χ2n) is 7.47. The van der Waals surface area contributed by atoms with Crippen LogP contribution in [-0.4, -0.2) is 64.9 Å². The van der Waals surface area contributed by atoms with Gasteiger partial charge in [0, 0.05) is 25.4 Å². The Morgan fingerprint density at radius 3 is 2.83 bits per heavy atom. The van der Waals surface area contributed by atoms with Crippen LogP contribution in [0.2, 0.25) is 0 Å². The van der Waals surface area contributed by atoms with E-state index in [1.165, 1.54) is 0 Å². The van der Waals surface area contributed by atoms with E-state index in [0.29, 0.717) is 59.6 Å². The topological polar surface area (TPSA) is 118 Å². The number of aryl methyl sites for hydroxylation is 2. The van der Waals surface area contributed by atoms with Crippen LogP contribution < -0.4 is 4.90 Å². The molecular weight excluding hydrogens is 406 g/mol. The van der Waals surface area contributed by atoms with Crippen molar-refractivity contribution in [3.63, 3.8) is 0 Å². The maximum absolute atomic E-state index is 13.1. The molecule has 11 heteroatoms. The molecule has 3 aromatic heterocycles. The van der Waals surface area contributed by atoms with Crippen LogP contribution in [0.3, 0.4) is 0 Å². The zero-order valence-electron chi connectivity index (χ0n) is 16.8. The Morgan fingerprint density at radius 1 is 1.33 bits per heavy atom. The molecule has 0 aliphatic carbocycles. The lowest BCUT2D eigenvalue weighted by Gasteiger charge is -2.34. The first-order valence-electron chi connectivity index (χ1n) is 9.62. The van der Waals surface area contributed by atoms with Crippen molar-refractivity contribution in [2.75, 3.05) is 24.7 Å². The van der Waals surface area contributed by atoms with Gasteiger partial charge in [0.15, 0.2) is 0 Å². The second kappa shape index (κ2) is 6.74. The SMILES string of the molecule is Cc1nnn(C)c1-c1cc(N2CCOC[C@H]2C)nc2c1S(=O)(=O)N=C2c1ccc[nH]1. The van der Waals surface area contributed by atoms with Crippen LogP contribution >= 0.6 is 0 Å². The summed E-state index contributed by atoms with van der Waals surface area (Å²) in [4.78, 5) is 10.0. The molecule has 5 heterocycles. The minimum atomic E-state index is -3.94. The summed E-state index contributed by atoms with van der Waals surface area (Å²) in [6.45, 7) is 5.69. The molecule has 5 rings (SSSR count). The summed E-state index contributed by atoms with van der Waals surface area (Å²) in [6, 6.07) is 5.49. The Hall–Kier alpha value is -3.05. The minimum absolute atomic E-state index is 0.0882. The minimum Gasteiger partial charge on any atom is -0.377 e. The maximum atomic E-state index is 13.1. The number of hydrogen-bond donors (Lipinski definition) is 1. The van der Waals surface area contributed by atoms with Crippen molar-refractivity contribution < 1.29 is 13.2 Å². The highest BCUT2D eigenvalue weighted by Crippen LogP contribution is 2.39. The third-order valence-corrected chi connectivity index (χ3v) is 6.77. The van der Waals surface area contributed by atoms with Gasteiger partial charge < -0.3 is 14.6 Å². The van der Waals surface area contributed by atoms with Crippen molar-refractivity contribution in [1.29, 1.82) is 0 Å². The number of rotatable bonds is 3. The van der Waals surface area contributed by atoms with E-state index in [4.69, 9.17) is 9.72 Å². The molecule has 0 bridgehead atoms. The normalized spacial score (nSPS) is 20.3. The molecule has 2 aliphatic rings. The van der Waals surface area contributed by atoms with E-state index in [9.17, 15) is 8.42 Å². The smallest absolute Gasteiger partial charge is 0.285 e. The van der Waals surface area contributed by atoms with Crippen molar-refractivity contribution in [1.82, 2.24) is 25.0 Å². The van der Waals surface area contributed by atoms with E-state index in [-0.39, 0.29) is 10.9 Å². The lowest BCUT2D eigenvalue weighted by atomic mass is 10.1. The van der Waals surface area contributed by atoms with Crippen molar-refractivity contribution in [2.24, 2.45) is 11.4 Å². The predicted octanol–water partition coefficient (Wildman–Crippen LogP) is 1.28. The summed E-state index contributed by atoms with van der Waals surface area (Å²) in [5.41, 5.74) is 3.01. The lowest BCUT2D eigenvalue weighted by molar-refractivity contribution is 0.0985. The van der Waals surface area contributed by atoms with Crippen LogP contribution in [0.5, 0.6) is 0 Å². The summed E-state index contributed by atoms with van der Waals surface area (Å²) in [5.74, 6) is 0.677. The number of fused-ring (bicyclic) bond motifs is 1. The highest BCUT2D eigenvalue weighted by molar-refractivity contribution is 7.91. The molecule has 2 aliphatic heterocycles. The Balaban J connectivity index is 1.81. The molecule has 1 atom stereocenters. The third-order valence-electron chi connectivity index (χ3n) is 5.42. The van der Waals surface area contributed by atoms with Crippen LogP contribution in [0.1, 0.15) is 24.0 Å². The quantitative estimate of drug-likeness (QED) is 0.669. The second-order valence-corrected chi connectivity index (χ2v) is 9.01. The lowest BCUT2D eigenvalue weighted by Crippen LogP contribution is -2.44.